The van der Waals surface area contributed by atoms with E-state index in [1.807, 2.05) is 6.07 Å². The summed E-state index contributed by atoms with van der Waals surface area (Å²) in [5.41, 5.74) is 1.53. The molecule has 1 amide bonds. The SMILES string of the molecule is O=C(O)c1cccc(CCNC(=O)c2csc([C@H]3CCCO3)n2)c1. The van der Waals surface area contributed by atoms with Gasteiger partial charge in [-0.05, 0) is 37.0 Å². The van der Waals surface area contributed by atoms with E-state index in [2.05, 4.69) is 10.3 Å². The molecule has 1 aliphatic rings. The number of rotatable bonds is 6. The molecule has 24 heavy (non-hydrogen) atoms. The summed E-state index contributed by atoms with van der Waals surface area (Å²) in [6.07, 6.45) is 2.57. The third-order valence-electron chi connectivity index (χ3n) is 3.83. The molecule has 7 heteroatoms. The number of hydrogen-bond acceptors (Lipinski definition) is 5. The number of benzene rings is 1. The number of hydrogen-bond donors (Lipinski definition) is 2. The number of amides is 1. The fourth-order valence-electron chi connectivity index (χ4n) is 2.58. The minimum absolute atomic E-state index is 0.0234. The van der Waals surface area contributed by atoms with E-state index < -0.39 is 5.97 Å². The van der Waals surface area contributed by atoms with Crippen molar-refractivity contribution in [3.63, 3.8) is 0 Å². The molecule has 2 N–H and O–H groups in total. The van der Waals surface area contributed by atoms with E-state index in [9.17, 15) is 9.59 Å². The molecule has 2 heterocycles. The first-order valence-electron chi connectivity index (χ1n) is 7.81. The van der Waals surface area contributed by atoms with Crippen molar-refractivity contribution < 1.29 is 19.4 Å². The van der Waals surface area contributed by atoms with Gasteiger partial charge in [-0.1, -0.05) is 12.1 Å². The third kappa shape index (κ3) is 3.98. The Balaban J connectivity index is 1.52. The highest BCUT2D eigenvalue weighted by Crippen LogP contribution is 2.30. The third-order valence-corrected chi connectivity index (χ3v) is 4.77. The van der Waals surface area contributed by atoms with E-state index in [0.29, 0.717) is 18.7 Å². The van der Waals surface area contributed by atoms with Gasteiger partial charge in [0.2, 0.25) is 0 Å². The lowest BCUT2D eigenvalue weighted by molar-refractivity contribution is 0.0696. The van der Waals surface area contributed by atoms with E-state index in [1.54, 1.807) is 23.6 Å². The number of thiazole rings is 1. The lowest BCUT2D eigenvalue weighted by atomic mass is 10.1. The van der Waals surface area contributed by atoms with Crippen LogP contribution in [0.15, 0.2) is 29.6 Å². The smallest absolute Gasteiger partial charge is 0.335 e. The first kappa shape index (κ1) is 16.6. The molecule has 1 saturated heterocycles. The summed E-state index contributed by atoms with van der Waals surface area (Å²) < 4.78 is 5.57. The summed E-state index contributed by atoms with van der Waals surface area (Å²) in [5.74, 6) is -1.17. The maximum atomic E-state index is 12.1. The van der Waals surface area contributed by atoms with Crippen molar-refractivity contribution in [1.29, 1.82) is 0 Å². The monoisotopic (exact) mass is 346 g/mol. The van der Waals surface area contributed by atoms with E-state index in [4.69, 9.17) is 9.84 Å². The zero-order valence-electron chi connectivity index (χ0n) is 13.0. The first-order valence-corrected chi connectivity index (χ1v) is 8.69. The molecule has 0 saturated carbocycles. The van der Waals surface area contributed by atoms with Gasteiger partial charge in [0, 0.05) is 18.5 Å². The number of aromatic nitrogens is 1. The van der Waals surface area contributed by atoms with Crippen molar-refractivity contribution in [2.75, 3.05) is 13.2 Å². The van der Waals surface area contributed by atoms with Crippen molar-refractivity contribution >= 4 is 23.2 Å². The average molecular weight is 346 g/mol. The minimum Gasteiger partial charge on any atom is -0.478 e. The van der Waals surface area contributed by atoms with Gasteiger partial charge in [-0.15, -0.1) is 11.3 Å². The molecule has 0 unspecified atom stereocenters. The Morgan fingerprint density at radius 1 is 1.42 bits per heavy atom. The van der Waals surface area contributed by atoms with E-state index in [0.717, 1.165) is 30.0 Å². The van der Waals surface area contributed by atoms with Crippen LogP contribution in [0.5, 0.6) is 0 Å². The second kappa shape index (κ2) is 7.55. The topological polar surface area (TPSA) is 88.5 Å². The number of nitrogens with zero attached hydrogens (tertiary/aromatic N) is 1. The Kier molecular flexibility index (Phi) is 5.22. The molecule has 0 radical (unpaired) electrons. The van der Waals surface area contributed by atoms with Crippen LogP contribution in [0, 0.1) is 0 Å². The van der Waals surface area contributed by atoms with Crippen molar-refractivity contribution in [3.8, 4) is 0 Å². The highest BCUT2D eigenvalue weighted by molar-refractivity contribution is 7.09. The summed E-state index contributed by atoms with van der Waals surface area (Å²) in [6, 6.07) is 6.71. The second-order valence-corrected chi connectivity index (χ2v) is 6.47. The molecule has 126 valence electrons. The second-order valence-electron chi connectivity index (χ2n) is 5.58. The first-order chi connectivity index (χ1) is 11.6. The van der Waals surface area contributed by atoms with Gasteiger partial charge in [0.05, 0.1) is 5.56 Å². The predicted octanol–water partition coefficient (Wildman–Crippen LogP) is 2.67. The van der Waals surface area contributed by atoms with Crippen LogP contribution in [0.4, 0.5) is 0 Å². The normalized spacial score (nSPS) is 16.9. The van der Waals surface area contributed by atoms with Crippen LogP contribution in [0.25, 0.3) is 0 Å². The highest BCUT2D eigenvalue weighted by atomic mass is 32.1. The summed E-state index contributed by atoms with van der Waals surface area (Å²) >= 11 is 1.45. The predicted molar refractivity (Wildman–Crippen MR) is 89.5 cm³/mol. The van der Waals surface area contributed by atoms with Gasteiger partial charge in [-0.3, -0.25) is 4.79 Å². The van der Waals surface area contributed by atoms with Crippen molar-refractivity contribution in [1.82, 2.24) is 10.3 Å². The van der Waals surface area contributed by atoms with Gasteiger partial charge in [-0.2, -0.15) is 0 Å². The summed E-state index contributed by atoms with van der Waals surface area (Å²) in [7, 11) is 0. The Bertz CT molecular complexity index is 738. The standard InChI is InChI=1S/C17H18N2O4S/c20-15(13-10-24-16(19-13)14-5-2-8-23-14)18-7-6-11-3-1-4-12(9-11)17(21)22/h1,3-4,9-10,14H,2,5-8H2,(H,18,20)(H,21,22)/t14-/m1/s1. The zero-order valence-corrected chi connectivity index (χ0v) is 13.8. The van der Waals surface area contributed by atoms with Crippen LogP contribution < -0.4 is 5.32 Å². The maximum Gasteiger partial charge on any atom is 0.335 e. The van der Waals surface area contributed by atoms with Crippen LogP contribution in [-0.2, 0) is 11.2 Å². The molecule has 0 spiro atoms. The minimum atomic E-state index is -0.954. The van der Waals surface area contributed by atoms with E-state index in [1.165, 1.54) is 11.3 Å². The van der Waals surface area contributed by atoms with Gasteiger partial charge in [0.25, 0.3) is 5.91 Å². The molecule has 1 aliphatic heterocycles. The lowest BCUT2D eigenvalue weighted by Gasteiger charge is -2.05. The molecule has 2 aromatic rings. The number of carboxylic acid groups (broad SMARTS) is 1. The van der Waals surface area contributed by atoms with Crippen LogP contribution in [-0.4, -0.2) is 35.1 Å². The molecule has 1 aromatic heterocycles. The molecular weight excluding hydrogens is 328 g/mol. The Morgan fingerprint density at radius 3 is 3.04 bits per heavy atom. The quantitative estimate of drug-likeness (QED) is 0.839. The van der Waals surface area contributed by atoms with Gasteiger partial charge in [0.1, 0.15) is 16.8 Å². The number of aromatic carboxylic acids is 1. The van der Waals surface area contributed by atoms with Gasteiger partial charge in [0.15, 0.2) is 0 Å². The number of ether oxygens (including phenoxy) is 1. The fraction of sp³-hybridized carbons (Fsp3) is 0.353. The van der Waals surface area contributed by atoms with Gasteiger partial charge >= 0.3 is 5.97 Å². The van der Waals surface area contributed by atoms with Gasteiger partial charge < -0.3 is 15.2 Å². The summed E-state index contributed by atoms with van der Waals surface area (Å²) in [6.45, 7) is 1.18. The van der Waals surface area contributed by atoms with Gasteiger partial charge in [-0.25, -0.2) is 9.78 Å². The van der Waals surface area contributed by atoms with Crippen LogP contribution >= 0.6 is 11.3 Å². The number of nitrogens with one attached hydrogen (secondary N) is 1. The number of carbonyl (C=O) groups is 2. The largest absolute Gasteiger partial charge is 0.478 e. The number of carboxylic acids is 1. The Labute approximate surface area is 143 Å². The lowest BCUT2D eigenvalue weighted by Crippen LogP contribution is -2.26. The molecule has 1 aromatic carbocycles. The van der Waals surface area contributed by atoms with Crippen molar-refractivity contribution in [2.45, 2.75) is 25.4 Å². The molecule has 6 nitrogen and oxygen atoms in total. The molecule has 3 rings (SSSR count). The highest BCUT2D eigenvalue weighted by Gasteiger charge is 2.22. The molecule has 1 fully saturated rings. The molecule has 0 aliphatic carbocycles. The van der Waals surface area contributed by atoms with Crippen LogP contribution in [0.2, 0.25) is 0 Å². The van der Waals surface area contributed by atoms with Crippen molar-refractivity contribution in [3.05, 3.63) is 51.5 Å². The maximum absolute atomic E-state index is 12.1. The van der Waals surface area contributed by atoms with Crippen molar-refractivity contribution in [2.24, 2.45) is 0 Å². The summed E-state index contributed by atoms with van der Waals surface area (Å²) in [5, 5.41) is 14.4. The van der Waals surface area contributed by atoms with E-state index >= 15 is 0 Å². The van der Waals surface area contributed by atoms with Crippen LogP contribution in [0.1, 0.15) is 50.4 Å². The van der Waals surface area contributed by atoms with E-state index in [-0.39, 0.29) is 17.6 Å². The summed E-state index contributed by atoms with van der Waals surface area (Å²) in [4.78, 5) is 27.4. The van der Waals surface area contributed by atoms with Crippen LogP contribution in [0.3, 0.4) is 0 Å². The number of carbonyl (C=O) groups excluding carboxylic acids is 1. The zero-order chi connectivity index (χ0) is 16.9. The molecule has 1 atom stereocenters. The Morgan fingerprint density at radius 2 is 2.29 bits per heavy atom. The molecular formula is C17H18N2O4S. The fourth-order valence-corrected chi connectivity index (χ4v) is 3.46. The average Bonchev–Trinajstić information content (AvgIpc) is 3.26. The Hall–Kier alpha value is -2.25. The molecule has 0 bridgehead atoms.